The maximum absolute atomic E-state index is 5.17. The molecule has 6 heterocycles. The van der Waals surface area contributed by atoms with Crippen LogP contribution in [0.1, 0.15) is 71.3 Å². The number of imidazole rings is 3. The summed E-state index contributed by atoms with van der Waals surface area (Å²) in [5, 5.41) is 0. The zero-order valence-corrected chi connectivity index (χ0v) is 27.1. The molecule has 44 heavy (non-hydrogen) atoms. The summed E-state index contributed by atoms with van der Waals surface area (Å²) in [6, 6.07) is 0.989. The minimum atomic E-state index is 0.328. The molecule has 15 heteroatoms. The fourth-order valence-corrected chi connectivity index (χ4v) is 4.39. The van der Waals surface area contributed by atoms with Gasteiger partial charge in [-0.25, -0.2) is 29.9 Å². The maximum atomic E-state index is 5.17. The van der Waals surface area contributed by atoms with Crippen LogP contribution in [0.25, 0.3) is 33.5 Å². The summed E-state index contributed by atoms with van der Waals surface area (Å²) in [7, 11) is 4.77. The number of nitrogens with zero attached hydrogens (tertiary/aromatic N) is 12. The van der Waals surface area contributed by atoms with E-state index in [-0.39, 0.29) is 0 Å². The van der Waals surface area contributed by atoms with Gasteiger partial charge in [-0.1, -0.05) is 0 Å². The summed E-state index contributed by atoms with van der Waals surface area (Å²) in [6.45, 7) is 16.2. The van der Waals surface area contributed by atoms with E-state index in [1.165, 1.54) is 6.33 Å². The zero-order valence-electron chi connectivity index (χ0n) is 27.1. The van der Waals surface area contributed by atoms with Gasteiger partial charge in [0.15, 0.2) is 33.5 Å². The van der Waals surface area contributed by atoms with Gasteiger partial charge in [0.25, 0.3) is 0 Å². The Kier molecular flexibility index (Phi) is 9.86. The van der Waals surface area contributed by atoms with Crippen molar-refractivity contribution in [2.75, 3.05) is 21.3 Å². The van der Waals surface area contributed by atoms with Crippen molar-refractivity contribution in [3.63, 3.8) is 0 Å². The van der Waals surface area contributed by atoms with Gasteiger partial charge < -0.3 is 27.9 Å². The van der Waals surface area contributed by atoms with Crippen LogP contribution in [-0.2, 0) is 0 Å². The molecule has 0 aliphatic carbocycles. The van der Waals surface area contributed by atoms with Crippen LogP contribution in [0.3, 0.4) is 0 Å². The summed E-state index contributed by atoms with van der Waals surface area (Å²) in [5.41, 5.74) is 4.62. The molecule has 6 aromatic heterocycles. The topological polar surface area (TPSA) is 158 Å². The normalized spacial score (nSPS) is 11.2. The third-order valence-corrected chi connectivity index (χ3v) is 6.58. The number of fused-ring (bicyclic) bond motifs is 3. The van der Waals surface area contributed by atoms with E-state index >= 15 is 0 Å². The van der Waals surface area contributed by atoms with Gasteiger partial charge in [0.2, 0.25) is 17.6 Å². The lowest BCUT2D eigenvalue weighted by atomic mass is 10.4. The third kappa shape index (κ3) is 6.50. The fraction of sp³-hybridized carbons (Fsp3) is 0.483. The van der Waals surface area contributed by atoms with Crippen LogP contribution >= 0.6 is 0 Å². The second-order valence-electron chi connectivity index (χ2n) is 10.7. The lowest BCUT2D eigenvalue weighted by molar-refractivity contribution is 0.400. The maximum Gasteiger partial charge on any atom is 0.245 e. The van der Waals surface area contributed by atoms with Gasteiger partial charge in [-0.05, 0) is 55.4 Å². The Morgan fingerprint density at radius 1 is 0.477 bits per heavy atom. The van der Waals surface area contributed by atoms with E-state index in [0.29, 0.717) is 52.9 Å². The molecule has 0 N–H and O–H groups in total. The van der Waals surface area contributed by atoms with Crippen molar-refractivity contribution >= 4 is 33.5 Å². The Bertz CT molecular complexity index is 1760. The molecule has 0 spiro atoms. The molecule has 6 aromatic rings. The molecule has 0 aromatic carbocycles. The standard InChI is InChI=1S/2C10H14N4O.C9H12N4O/c2*1-6(2)14-5-11-8-9(14)12-7(3)13-10(8)15-4;1-6(2)13-5-12-7-8(13)10-4-11-9(7)14-3/h2*5-6H,1-4H3;4-6H,1-3H3. The van der Waals surface area contributed by atoms with Gasteiger partial charge >= 0.3 is 0 Å². The number of hydrogen-bond donors (Lipinski definition) is 0. The highest BCUT2D eigenvalue weighted by Crippen LogP contribution is 2.24. The Morgan fingerprint density at radius 3 is 1.20 bits per heavy atom. The first-order valence-corrected chi connectivity index (χ1v) is 14.2. The summed E-state index contributed by atoms with van der Waals surface area (Å²) in [6.07, 6.45) is 6.78. The Morgan fingerprint density at radius 2 is 0.841 bits per heavy atom. The molecular weight excluding hydrogens is 564 g/mol. The lowest BCUT2D eigenvalue weighted by Gasteiger charge is -2.07. The van der Waals surface area contributed by atoms with Gasteiger partial charge in [0.1, 0.15) is 18.0 Å². The average Bonchev–Trinajstić information content (AvgIpc) is 3.73. The van der Waals surface area contributed by atoms with Gasteiger partial charge in [-0.3, -0.25) is 0 Å². The van der Waals surface area contributed by atoms with Crippen LogP contribution in [0.15, 0.2) is 25.3 Å². The number of hydrogen-bond acceptors (Lipinski definition) is 12. The fourth-order valence-electron chi connectivity index (χ4n) is 4.39. The van der Waals surface area contributed by atoms with Gasteiger partial charge in [0.05, 0.1) is 40.3 Å². The van der Waals surface area contributed by atoms with E-state index < -0.39 is 0 Å². The third-order valence-electron chi connectivity index (χ3n) is 6.58. The minimum Gasteiger partial charge on any atom is -0.479 e. The van der Waals surface area contributed by atoms with Crippen LogP contribution in [0.4, 0.5) is 0 Å². The Labute approximate surface area is 255 Å². The minimum absolute atomic E-state index is 0.328. The summed E-state index contributed by atoms with van der Waals surface area (Å²) in [4.78, 5) is 38.0. The molecule has 0 aliphatic rings. The highest BCUT2D eigenvalue weighted by atomic mass is 16.5. The van der Waals surface area contributed by atoms with Crippen LogP contribution in [-0.4, -0.2) is 79.9 Å². The monoisotopic (exact) mass is 604 g/mol. The number of rotatable bonds is 6. The smallest absolute Gasteiger partial charge is 0.245 e. The second kappa shape index (κ2) is 13.6. The van der Waals surface area contributed by atoms with Crippen molar-refractivity contribution in [3.05, 3.63) is 37.0 Å². The van der Waals surface area contributed by atoms with E-state index in [2.05, 4.69) is 86.4 Å². The van der Waals surface area contributed by atoms with Crippen molar-refractivity contribution < 1.29 is 14.2 Å². The predicted octanol–water partition coefficient (Wildman–Crippen LogP) is 4.86. The van der Waals surface area contributed by atoms with Crippen molar-refractivity contribution in [3.8, 4) is 17.6 Å². The first kappa shape index (κ1) is 32.0. The molecule has 0 aliphatic heterocycles. The average molecular weight is 605 g/mol. The van der Waals surface area contributed by atoms with Gasteiger partial charge in [0, 0.05) is 18.1 Å². The zero-order chi connectivity index (χ0) is 32.1. The van der Waals surface area contributed by atoms with Crippen LogP contribution in [0, 0.1) is 13.8 Å². The Balaban J connectivity index is 0.000000151. The van der Waals surface area contributed by atoms with E-state index in [1.807, 2.05) is 27.5 Å². The van der Waals surface area contributed by atoms with Crippen LogP contribution in [0.2, 0.25) is 0 Å². The van der Waals surface area contributed by atoms with E-state index in [9.17, 15) is 0 Å². The largest absolute Gasteiger partial charge is 0.479 e. The van der Waals surface area contributed by atoms with Crippen LogP contribution < -0.4 is 14.2 Å². The summed E-state index contributed by atoms with van der Waals surface area (Å²) in [5.74, 6) is 2.99. The molecule has 0 saturated heterocycles. The quantitative estimate of drug-likeness (QED) is 0.254. The number of aryl methyl sites for hydroxylation is 2. The molecule has 0 unspecified atom stereocenters. The van der Waals surface area contributed by atoms with Crippen molar-refractivity contribution in [2.45, 2.75) is 73.5 Å². The molecule has 0 amide bonds. The van der Waals surface area contributed by atoms with E-state index in [1.54, 1.807) is 40.3 Å². The van der Waals surface area contributed by atoms with Crippen LogP contribution in [0.5, 0.6) is 17.6 Å². The van der Waals surface area contributed by atoms with E-state index in [4.69, 9.17) is 14.2 Å². The Hall–Kier alpha value is -4.95. The SMILES string of the molecule is COc1nc(C)nc2c1ncn2C(C)C.COc1nc(C)nc2c1ncn2C(C)C.COc1ncnc2c1ncn2C(C)C. The second-order valence-corrected chi connectivity index (χ2v) is 10.7. The molecule has 0 bridgehead atoms. The molecule has 0 radical (unpaired) electrons. The van der Waals surface area contributed by atoms with Crippen molar-refractivity contribution in [2.24, 2.45) is 0 Å². The van der Waals surface area contributed by atoms with Crippen molar-refractivity contribution in [1.82, 2.24) is 58.6 Å². The molecular formula is C29H40N12O3. The first-order valence-electron chi connectivity index (χ1n) is 14.2. The van der Waals surface area contributed by atoms with Gasteiger partial charge in [-0.2, -0.15) is 15.0 Å². The summed E-state index contributed by atoms with van der Waals surface area (Å²) < 4.78 is 21.4. The predicted molar refractivity (Wildman–Crippen MR) is 166 cm³/mol. The highest BCUT2D eigenvalue weighted by molar-refractivity contribution is 5.77. The first-order chi connectivity index (χ1) is 21.0. The number of ether oxygens (including phenoxy) is 3. The van der Waals surface area contributed by atoms with Gasteiger partial charge in [-0.15, -0.1) is 0 Å². The molecule has 6 rings (SSSR count). The molecule has 15 nitrogen and oxygen atoms in total. The number of aromatic nitrogens is 12. The lowest BCUT2D eigenvalue weighted by Crippen LogP contribution is -2.02. The molecule has 0 atom stereocenters. The molecule has 0 saturated carbocycles. The van der Waals surface area contributed by atoms with Crippen molar-refractivity contribution in [1.29, 1.82) is 0 Å². The summed E-state index contributed by atoms with van der Waals surface area (Å²) >= 11 is 0. The molecule has 234 valence electrons. The van der Waals surface area contributed by atoms with E-state index in [0.717, 1.165) is 28.0 Å². The molecule has 0 fully saturated rings. The highest BCUT2D eigenvalue weighted by Gasteiger charge is 2.15. The number of methoxy groups -OCH3 is 3.